The van der Waals surface area contributed by atoms with E-state index in [4.69, 9.17) is 0 Å². The zero-order chi connectivity index (χ0) is 13.7. The van der Waals surface area contributed by atoms with Crippen LogP contribution in [-0.4, -0.2) is 16.7 Å². The van der Waals surface area contributed by atoms with E-state index >= 15 is 0 Å². The molecule has 0 aliphatic rings. The predicted octanol–water partition coefficient (Wildman–Crippen LogP) is 2.85. The number of carbonyl (C=O) groups excluding carboxylic acids is 1. The summed E-state index contributed by atoms with van der Waals surface area (Å²) in [5.41, 5.74) is 1.31. The highest BCUT2D eigenvalue weighted by atomic mass is 16.7. The summed E-state index contributed by atoms with van der Waals surface area (Å²) in [6.07, 6.45) is -0.797. The van der Waals surface area contributed by atoms with Gasteiger partial charge in [0.15, 0.2) is 0 Å². The number of nitro groups is 1. The van der Waals surface area contributed by atoms with Gasteiger partial charge in [-0.15, -0.1) is 0 Å². The molecule has 0 unspecified atom stereocenters. The summed E-state index contributed by atoms with van der Waals surface area (Å²) in [4.78, 5) is 26.0. The number of aryl methyl sites for hydroxylation is 1. The lowest BCUT2D eigenvalue weighted by Gasteiger charge is -2.04. The van der Waals surface area contributed by atoms with Crippen molar-refractivity contribution in [3.63, 3.8) is 0 Å². The highest BCUT2D eigenvalue weighted by molar-refractivity contribution is 5.86. The fourth-order valence-corrected chi connectivity index (χ4v) is 1.16. The lowest BCUT2D eigenvalue weighted by atomic mass is 10.2. The van der Waals surface area contributed by atoms with E-state index in [1.165, 1.54) is 6.07 Å². The lowest BCUT2D eigenvalue weighted by Crippen LogP contribution is -2.11. The van der Waals surface area contributed by atoms with Crippen LogP contribution < -0.4 is 5.32 Å². The first-order valence-electron chi connectivity index (χ1n) is 5.14. The first-order chi connectivity index (χ1) is 8.40. The molecule has 7 heteroatoms. The molecule has 0 heterocycles. The fourth-order valence-electron chi connectivity index (χ4n) is 1.16. The molecule has 0 saturated carbocycles. The third-order valence-electron chi connectivity index (χ3n) is 1.96. The molecular formula is C11H13N3O4. The molecule has 96 valence electrons. The number of oxime groups is 1. The first-order valence-corrected chi connectivity index (χ1v) is 5.14. The maximum absolute atomic E-state index is 11.3. The van der Waals surface area contributed by atoms with Crippen LogP contribution in [0.2, 0.25) is 0 Å². The van der Waals surface area contributed by atoms with Crippen molar-refractivity contribution in [1.29, 1.82) is 0 Å². The smallest absolute Gasteiger partial charge is 0.298 e. The summed E-state index contributed by atoms with van der Waals surface area (Å²) < 4.78 is 0. The highest BCUT2D eigenvalue weighted by Crippen LogP contribution is 2.22. The number of hydrogen-bond acceptors (Lipinski definition) is 5. The van der Waals surface area contributed by atoms with Crippen molar-refractivity contribution in [2.24, 2.45) is 5.16 Å². The Kier molecular flexibility index (Phi) is 4.36. The number of nitro benzene ring substituents is 1. The van der Waals surface area contributed by atoms with Gasteiger partial charge in [-0.2, -0.15) is 0 Å². The van der Waals surface area contributed by atoms with Crippen LogP contribution in [0.5, 0.6) is 0 Å². The highest BCUT2D eigenvalue weighted by Gasteiger charge is 2.12. The van der Waals surface area contributed by atoms with Crippen molar-refractivity contribution in [3.05, 3.63) is 33.9 Å². The van der Waals surface area contributed by atoms with Crippen molar-refractivity contribution >= 4 is 23.2 Å². The number of carbonyl (C=O) groups is 1. The van der Waals surface area contributed by atoms with E-state index in [0.29, 0.717) is 11.3 Å². The molecule has 0 bridgehead atoms. The Hall–Kier alpha value is -2.44. The Morgan fingerprint density at radius 1 is 1.44 bits per heavy atom. The second-order valence-electron chi connectivity index (χ2n) is 3.80. The predicted molar refractivity (Wildman–Crippen MR) is 66.7 cm³/mol. The number of rotatable bonds is 3. The second-order valence-corrected chi connectivity index (χ2v) is 3.80. The second kappa shape index (κ2) is 5.76. The largest absolute Gasteiger partial charge is 0.437 e. The lowest BCUT2D eigenvalue weighted by molar-refractivity contribution is -0.385. The van der Waals surface area contributed by atoms with Gasteiger partial charge in [0.2, 0.25) is 0 Å². The molecule has 0 aliphatic heterocycles. The minimum absolute atomic E-state index is 0.0667. The minimum atomic E-state index is -0.797. The molecule has 0 fully saturated rings. The molecule has 0 saturated heterocycles. The van der Waals surface area contributed by atoms with Crippen molar-refractivity contribution < 1.29 is 14.6 Å². The molecule has 0 aliphatic carbocycles. The molecule has 0 spiro atoms. The summed E-state index contributed by atoms with van der Waals surface area (Å²) >= 11 is 0. The van der Waals surface area contributed by atoms with Crippen LogP contribution >= 0.6 is 0 Å². The van der Waals surface area contributed by atoms with Gasteiger partial charge in [-0.25, -0.2) is 4.79 Å². The van der Waals surface area contributed by atoms with Crippen molar-refractivity contribution in [1.82, 2.24) is 0 Å². The Labute approximate surface area is 104 Å². The Balaban J connectivity index is 2.80. The number of nitrogens with zero attached hydrogens (tertiary/aromatic N) is 2. The summed E-state index contributed by atoms with van der Waals surface area (Å²) in [6.45, 7) is 4.96. The molecule has 0 radical (unpaired) electrons. The van der Waals surface area contributed by atoms with Gasteiger partial charge in [-0.3, -0.25) is 20.3 Å². The quantitative estimate of drug-likeness (QED) is 0.387. The van der Waals surface area contributed by atoms with E-state index in [0.717, 1.165) is 0 Å². The third kappa shape index (κ3) is 3.85. The summed E-state index contributed by atoms with van der Waals surface area (Å²) in [7, 11) is 0. The first kappa shape index (κ1) is 13.6. The minimum Gasteiger partial charge on any atom is -0.298 e. The normalized spacial score (nSPS) is 9.50. The Morgan fingerprint density at radius 3 is 2.67 bits per heavy atom. The van der Waals surface area contributed by atoms with Crippen molar-refractivity contribution in [3.8, 4) is 0 Å². The molecule has 0 atom stereocenters. The molecule has 7 nitrogen and oxygen atoms in total. The Bertz CT molecular complexity index is 507. The van der Waals surface area contributed by atoms with E-state index in [-0.39, 0.29) is 11.4 Å². The SMILES string of the molecule is CC(C)=NOC(=O)Nc1ccc(C)c([N+](=O)[O-])c1. The van der Waals surface area contributed by atoms with Gasteiger partial charge in [-0.05, 0) is 26.8 Å². The van der Waals surface area contributed by atoms with Crippen LogP contribution in [0.4, 0.5) is 16.2 Å². The van der Waals surface area contributed by atoms with Crippen LogP contribution in [0, 0.1) is 17.0 Å². The third-order valence-corrected chi connectivity index (χ3v) is 1.96. The topological polar surface area (TPSA) is 93.8 Å². The van der Waals surface area contributed by atoms with Crippen LogP contribution in [-0.2, 0) is 4.84 Å². The number of amides is 1. The average molecular weight is 251 g/mol. The van der Waals surface area contributed by atoms with Crippen LogP contribution in [0.15, 0.2) is 23.4 Å². The van der Waals surface area contributed by atoms with Crippen molar-refractivity contribution in [2.45, 2.75) is 20.8 Å². The Morgan fingerprint density at radius 2 is 2.11 bits per heavy atom. The summed E-state index contributed by atoms with van der Waals surface area (Å²) in [5.74, 6) is 0. The number of hydrogen-bond donors (Lipinski definition) is 1. The fraction of sp³-hybridized carbons (Fsp3) is 0.273. The molecule has 18 heavy (non-hydrogen) atoms. The van der Waals surface area contributed by atoms with E-state index in [1.54, 1.807) is 32.9 Å². The molecule has 1 rings (SSSR count). The van der Waals surface area contributed by atoms with E-state index in [9.17, 15) is 14.9 Å². The van der Waals surface area contributed by atoms with Gasteiger partial charge >= 0.3 is 6.09 Å². The van der Waals surface area contributed by atoms with Gasteiger partial charge < -0.3 is 0 Å². The van der Waals surface area contributed by atoms with Gasteiger partial charge in [0.25, 0.3) is 5.69 Å². The molecule has 1 aromatic carbocycles. The molecule has 0 aromatic heterocycles. The van der Waals surface area contributed by atoms with Crippen LogP contribution in [0.25, 0.3) is 0 Å². The number of anilines is 1. The van der Waals surface area contributed by atoms with Gasteiger partial charge in [0.1, 0.15) is 0 Å². The zero-order valence-electron chi connectivity index (χ0n) is 10.3. The summed E-state index contributed by atoms with van der Waals surface area (Å²) in [5, 5.41) is 16.5. The molecule has 1 N–H and O–H groups in total. The maximum atomic E-state index is 11.3. The molecule has 1 aromatic rings. The van der Waals surface area contributed by atoms with Crippen LogP contribution in [0.3, 0.4) is 0 Å². The summed E-state index contributed by atoms with van der Waals surface area (Å²) in [6, 6.07) is 4.35. The standard InChI is InChI=1S/C11H13N3O4/c1-7(2)13-18-11(15)12-9-5-4-8(3)10(6-9)14(16)17/h4-6H,1-3H3,(H,12,15). The van der Waals surface area contributed by atoms with Crippen LogP contribution in [0.1, 0.15) is 19.4 Å². The monoisotopic (exact) mass is 251 g/mol. The van der Waals surface area contributed by atoms with Crippen molar-refractivity contribution in [2.75, 3.05) is 5.32 Å². The zero-order valence-corrected chi connectivity index (χ0v) is 10.3. The number of benzene rings is 1. The van der Waals surface area contributed by atoms with E-state index in [1.807, 2.05) is 0 Å². The van der Waals surface area contributed by atoms with E-state index in [2.05, 4.69) is 15.3 Å². The number of nitrogens with one attached hydrogen (secondary N) is 1. The van der Waals surface area contributed by atoms with Gasteiger partial charge in [-0.1, -0.05) is 11.2 Å². The van der Waals surface area contributed by atoms with Gasteiger partial charge in [0.05, 0.1) is 16.3 Å². The van der Waals surface area contributed by atoms with Gasteiger partial charge in [0, 0.05) is 11.6 Å². The molecule has 1 amide bonds. The maximum Gasteiger partial charge on any atom is 0.437 e. The average Bonchev–Trinajstić information content (AvgIpc) is 2.28. The molecular weight excluding hydrogens is 238 g/mol. The van der Waals surface area contributed by atoms with E-state index < -0.39 is 11.0 Å².